The zero-order valence-corrected chi connectivity index (χ0v) is 14.6. The third kappa shape index (κ3) is 2.71. The molecule has 0 spiro atoms. The van der Waals surface area contributed by atoms with E-state index >= 15 is 0 Å². The van der Waals surface area contributed by atoms with Crippen LogP contribution in [0.5, 0.6) is 5.75 Å². The van der Waals surface area contributed by atoms with Crippen LogP contribution in [0.3, 0.4) is 0 Å². The van der Waals surface area contributed by atoms with Crippen molar-refractivity contribution in [3.8, 4) is 5.75 Å². The molecular weight excluding hydrogens is 348 g/mol. The monoisotopic (exact) mass is 366 g/mol. The smallest absolute Gasteiger partial charge is 0.335 e. The largest absolute Gasteiger partial charge is 0.495 e. The van der Waals surface area contributed by atoms with Gasteiger partial charge in [-0.15, -0.1) is 0 Å². The highest BCUT2D eigenvalue weighted by Crippen LogP contribution is 2.54. The molecule has 1 aliphatic carbocycles. The van der Waals surface area contributed by atoms with Crippen LogP contribution in [0.4, 0.5) is 11.4 Å². The molecule has 27 heavy (non-hydrogen) atoms. The number of benzene rings is 2. The first-order chi connectivity index (χ1) is 13.0. The predicted molar refractivity (Wildman–Crippen MR) is 99.4 cm³/mol. The van der Waals surface area contributed by atoms with E-state index in [2.05, 4.69) is 5.32 Å². The van der Waals surface area contributed by atoms with Crippen molar-refractivity contribution in [2.75, 3.05) is 12.4 Å². The summed E-state index contributed by atoms with van der Waals surface area (Å²) in [6, 6.07) is 9.75. The number of carboxylic acid groups (broad SMARTS) is 1. The van der Waals surface area contributed by atoms with Crippen molar-refractivity contribution >= 4 is 17.3 Å². The predicted octanol–water partition coefficient (Wildman–Crippen LogP) is 4.13. The van der Waals surface area contributed by atoms with Crippen molar-refractivity contribution in [1.29, 1.82) is 0 Å². The number of carboxylic acids is 1. The van der Waals surface area contributed by atoms with Crippen LogP contribution < -0.4 is 10.1 Å². The van der Waals surface area contributed by atoms with Crippen molar-refractivity contribution < 1.29 is 19.6 Å². The van der Waals surface area contributed by atoms with E-state index in [1.807, 2.05) is 12.2 Å². The maximum absolute atomic E-state index is 11.6. The number of anilines is 1. The number of allylic oxidation sites excluding steroid dienone is 2. The van der Waals surface area contributed by atoms with Gasteiger partial charge in [0, 0.05) is 12.0 Å². The molecule has 2 N–H and O–H groups in total. The lowest BCUT2D eigenvalue weighted by Crippen LogP contribution is -2.30. The number of nitrogens with one attached hydrogen (secondary N) is 1. The lowest BCUT2D eigenvalue weighted by molar-refractivity contribution is -0.385. The van der Waals surface area contributed by atoms with E-state index in [4.69, 9.17) is 9.84 Å². The van der Waals surface area contributed by atoms with E-state index in [9.17, 15) is 14.9 Å². The van der Waals surface area contributed by atoms with Crippen LogP contribution in [0.2, 0.25) is 0 Å². The van der Waals surface area contributed by atoms with Crippen LogP contribution in [0.1, 0.15) is 39.9 Å². The fraction of sp³-hybridized carbons (Fsp3) is 0.250. The van der Waals surface area contributed by atoms with Gasteiger partial charge in [0.05, 0.1) is 34.9 Å². The van der Waals surface area contributed by atoms with Gasteiger partial charge in [-0.05, 0) is 36.1 Å². The van der Waals surface area contributed by atoms with Gasteiger partial charge in [-0.3, -0.25) is 10.1 Å². The third-order valence-electron chi connectivity index (χ3n) is 5.39. The molecule has 2 aliphatic rings. The second kappa shape index (κ2) is 6.42. The molecule has 0 bridgehead atoms. The maximum atomic E-state index is 11.6. The molecule has 1 aliphatic heterocycles. The Morgan fingerprint density at radius 1 is 1.26 bits per heavy atom. The molecule has 0 fully saturated rings. The summed E-state index contributed by atoms with van der Waals surface area (Å²) in [5, 5.41) is 24.1. The summed E-state index contributed by atoms with van der Waals surface area (Å²) in [5.41, 5.74) is 2.53. The number of ether oxygens (including phenoxy) is 1. The Kier molecular flexibility index (Phi) is 4.07. The molecule has 7 heteroatoms. The Morgan fingerprint density at radius 3 is 2.63 bits per heavy atom. The molecule has 1 heterocycles. The minimum atomic E-state index is -0.971. The third-order valence-corrected chi connectivity index (χ3v) is 5.39. The van der Waals surface area contributed by atoms with Gasteiger partial charge in [-0.25, -0.2) is 4.79 Å². The van der Waals surface area contributed by atoms with Crippen LogP contribution in [0.25, 0.3) is 0 Å². The summed E-state index contributed by atoms with van der Waals surface area (Å²) in [4.78, 5) is 22.3. The minimum absolute atomic E-state index is 0.0829. The molecule has 3 atom stereocenters. The Balaban J connectivity index is 1.83. The Bertz CT molecular complexity index is 952. The molecule has 0 amide bonds. The van der Waals surface area contributed by atoms with Crippen LogP contribution in [-0.4, -0.2) is 23.1 Å². The van der Waals surface area contributed by atoms with Gasteiger partial charge in [0.1, 0.15) is 5.75 Å². The minimum Gasteiger partial charge on any atom is -0.495 e. The topological polar surface area (TPSA) is 102 Å². The summed E-state index contributed by atoms with van der Waals surface area (Å²) >= 11 is 0. The van der Waals surface area contributed by atoms with Crippen molar-refractivity contribution in [2.24, 2.45) is 5.92 Å². The maximum Gasteiger partial charge on any atom is 0.335 e. The second-order valence-electron chi connectivity index (χ2n) is 6.74. The summed E-state index contributed by atoms with van der Waals surface area (Å²) in [6.45, 7) is 0. The van der Waals surface area contributed by atoms with E-state index in [0.29, 0.717) is 17.0 Å². The SMILES string of the molecule is COc1ccc([N+](=O)[O-])c2c1N[C@H](c1ccc(C(=O)O)cc1)[C@@H]1CC=C[C@H]21. The molecule has 0 saturated carbocycles. The number of fused-ring (bicyclic) bond motifs is 3. The van der Waals surface area contributed by atoms with E-state index in [1.165, 1.54) is 13.2 Å². The Hall–Kier alpha value is -3.35. The number of hydrogen-bond donors (Lipinski definition) is 2. The molecule has 0 saturated heterocycles. The molecule has 0 radical (unpaired) electrons. The van der Waals surface area contributed by atoms with Gasteiger partial charge in [-0.2, -0.15) is 0 Å². The van der Waals surface area contributed by atoms with Crippen LogP contribution in [0.15, 0.2) is 48.6 Å². The summed E-state index contributed by atoms with van der Waals surface area (Å²) < 4.78 is 5.44. The van der Waals surface area contributed by atoms with E-state index in [1.54, 1.807) is 30.3 Å². The van der Waals surface area contributed by atoms with Crippen molar-refractivity contribution in [3.05, 3.63) is 75.4 Å². The van der Waals surface area contributed by atoms with Gasteiger partial charge in [0.2, 0.25) is 0 Å². The van der Waals surface area contributed by atoms with E-state index in [0.717, 1.165) is 12.0 Å². The fourth-order valence-corrected chi connectivity index (χ4v) is 4.16. The second-order valence-corrected chi connectivity index (χ2v) is 6.74. The molecule has 0 aromatic heterocycles. The quantitative estimate of drug-likeness (QED) is 0.479. The number of carbonyl (C=O) groups is 1. The van der Waals surface area contributed by atoms with E-state index < -0.39 is 5.97 Å². The van der Waals surface area contributed by atoms with Gasteiger partial charge in [0.15, 0.2) is 0 Å². The number of methoxy groups -OCH3 is 1. The molecule has 7 nitrogen and oxygen atoms in total. The molecule has 2 aromatic carbocycles. The molecule has 0 unspecified atom stereocenters. The molecule has 4 rings (SSSR count). The Morgan fingerprint density at radius 2 is 2.00 bits per heavy atom. The number of hydrogen-bond acceptors (Lipinski definition) is 5. The van der Waals surface area contributed by atoms with Crippen LogP contribution in [0, 0.1) is 16.0 Å². The summed E-state index contributed by atoms with van der Waals surface area (Å²) in [6.07, 6.45) is 4.86. The Labute approximate surface area is 155 Å². The summed E-state index contributed by atoms with van der Waals surface area (Å²) in [7, 11) is 1.54. The molecular formula is C20H18N2O5. The van der Waals surface area contributed by atoms with Gasteiger partial charge >= 0.3 is 5.97 Å². The van der Waals surface area contributed by atoms with Gasteiger partial charge in [0.25, 0.3) is 5.69 Å². The molecule has 138 valence electrons. The number of nitro groups is 1. The van der Waals surface area contributed by atoms with Crippen LogP contribution in [-0.2, 0) is 0 Å². The average molecular weight is 366 g/mol. The number of aromatic carboxylic acids is 1. The highest BCUT2D eigenvalue weighted by molar-refractivity contribution is 5.87. The molecule has 2 aromatic rings. The normalized spacial score (nSPS) is 22.5. The number of rotatable bonds is 4. The first-order valence-corrected chi connectivity index (χ1v) is 8.63. The highest BCUT2D eigenvalue weighted by atomic mass is 16.6. The lowest BCUT2D eigenvalue weighted by atomic mass is 9.76. The van der Waals surface area contributed by atoms with Crippen molar-refractivity contribution in [3.63, 3.8) is 0 Å². The van der Waals surface area contributed by atoms with Crippen LogP contribution >= 0.6 is 0 Å². The van der Waals surface area contributed by atoms with E-state index in [-0.39, 0.29) is 34.1 Å². The zero-order chi connectivity index (χ0) is 19.1. The van der Waals surface area contributed by atoms with Crippen molar-refractivity contribution in [1.82, 2.24) is 0 Å². The van der Waals surface area contributed by atoms with Crippen molar-refractivity contribution in [2.45, 2.75) is 18.4 Å². The standard InChI is InChI=1S/C20H18N2O5/c1-27-16-10-9-15(22(25)26)17-13-3-2-4-14(13)18(21-19(16)17)11-5-7-12(8-6-11)20(23)24/h2-3,5-10,13-14,18,21H,4H2,1H3,(H,23,24)/t13-,14+,18+/m0/s1. The first-order valence-electron chi connectivity index (χ1n) is 8.63. The first kappa shape index (κ1) is 17.1. The fourth-order valence-electron chi connectivity index (χ4n) is 4.16. The number of nitrogens with zero attached hydrogens (tertiary/aromatic N) is 1. The summed E-state index contributed by atoms with van der Waals surface area (Å²) in [5.74, 6) is -0.400. The zero-order valence-electron chi connectivity index (χ0n) is 14.6. The van der Waals surface area contributed by atoms with Gasteiger partial charge < -0.3 is 15.2 Å². The van der Waals surface area contributed by atoms with Gasteiger partial charge in [-0.1, -0.05) is 24.3 Å². The highest BCUT2D eigenvalue weighted by Gasteiger charge is 2.42. The lowest BCUT2D eigenvalue weighted by Gasteiger charge is -2.37. The number of nitro benzene ring substituents is 1. The average Bonchev–Trinajstić information content (AvgIpc) is 3.16.